The third-order valence-corrected chi connectivity index (χ3v) is 5.21. The van der Waals surface area contributed by atoms with Gasteiger partial charge >= 0.3 is 0 Å². The van der Waals surface area contributed by atoms with Gasteiger partial charge in [0.1, 0.15) is 5.82 Å². The number of hydrogen-bond donors (Lipinski definition) is 1. The van der Waals surface area contributed by atoms with Gasteiger partial charge in [-0.2, -0.15) is 0 Å². The fraction of sp³-hybridized carbons (Fsp3) is 0.316. The number of sulfone groups is 1. The van der Waals surface area contributed by atoms with Gasteiger partial charge in [0.15, 0.2) is 5.82 Å². The summed E-state index contributed by atoms with van der Waals surface area (Å²) >= 11 is 0. The predicted molar refractivity (Wildman–Crippen MR) is 102 cm³/mol. The number of ether oxygens (including phenoxy) is 2. The molecule has 1 N–H and O–H groups in total. The molecule has 29 heavy (non-hydrogen) atoms. The molecule has 152 valence electrons. The Bertz CT molecular complexity index is 1120. The van der Waals surface area contributed by atoms with Crippen LogP contribution in [0.25, 0.3) is 22.6 Å². The highest BCUT2D eigenvalue weighted by molar-refractivity contribution is 7.90. The molecule has 1 saturated heterocycles. The van der Waals surface area contributed by atoms with E-state index in [1.54, 1.807) is 18.2 Å². The Kier molecular flexibility index (Phi) is 5.15. The van der Waals surface area contributed by atoms with Crippen LogP contribution in [0.2, 0.25) is 0 Å². The van der Waals surface area contributed by atoms with Gasteiger partial charge in [-0.15, -0.1) is 0 Å². The Balaban J connectivity index is 1.82. The molecule has 2 aromatic heterocycles. The lowest BCUT2D eigenvalue weighted by molar-refractivity contribution is -0.205. The summed E-state index contributed by atoms with van der Waals surface area (Å²) in [6, 6.07) is 7.39. The molecule has 1 aromatic carbocycles. The number of aromatic amines is 1. The van der Waals surface area contributed by atoms with Gasteiger partial charge in [0.25, 0.3) is 0 Å². The molecule has 1 aliphatic heterocycles. The summed E-state index contributed by atoms with van der Waals surface area (Å²) in [6.45, 7) is 3.07. The van der Waals surface area contributed by atoms with E-state index in [4.69, 9.17) is 9.47 Å². The summed E-state index contributed by atoms with van der Waals surface area (Å²) in [7, 11) is -3.59. The van der Waals surface area contributed by atoms with Gasteiger partial charge in [-0.25, -0.2) is 27.8 Å². The van der Waals surface area contributed by atoms with Crippen LogP contribution in [0.15, 0.2) is 41.7 Å². The van der Waals surface area contributed by atoms with Crippen LogP contribution in [-0.2, 0) is 19.3 Å². The fourth-order valence-corrected chi connectivity index (χ4v) is 3.44. The van der Waals surface area contributed by atoms with E-state index in [0.717, 1.165) is 6.26 Å². The molecule has 0 amide bonds. The number of aromatic nitrogens is 4. The normalized spacial score (nSPS) is 20.0. The zero-order valence-electron chi connectivity index (χ0n) is 15.8. The lowest BCUT2D eigenvalue weighted by Crippen LogP contribution is -2.25. The fourth-order valence-electron chi connectivity index (χ4n) is 2.92. The number of rotatable bonds is 4. The van der Waals surface area contributed by atoms with Crippen LogP contribution in [0.1, 0.15) is 19.0 Å². The van der Waals surface area contributed by atoms with Gasteiger partial charge in [0, 0.05) is 23.9 Å². The Morgan fingerprint density at radius 1 is 1.10 bits per heavy atom. The van der Waals surface area contributed by atoms with Crippen LogP contribution in [0, 0.1) is 11.7 Å². The minimum absolute atomic E-state index is 0.274. The van der Waals surface area contributed by atoms with Crippen LogP contribution >= 0.6 is 0 Å². The third kappa shape index (κ3) is 4.19. The molecule has 1 aliphatic rings. The van der Waals surface area contributed by atoms with Gasteiger partial charge in [0.05, 0.1) is 30.3 Å². The van der Waals surface area contributed by atoms with Gasteiger partial charge < -0.3 is 14.5 Å². The summed E-state index contributed by atoms with van der Waals surface area (Å²) in [5, 5.41) is -0.296. The first-order chi connectivity index (χ1) is 13.8. The van der Waals surface area contributed by atoms with Crippen molar-refractivity contribution in [1.29, 1.82) is 0 Å². The molecule has 8 nitrogen and oxygen atoms in total. The second-order valence-electron chi connectivity index (χ2n) is 6.95. The minimum Gasteiger partial charge on any atom is -0.346 e. The molecule has 4 rings (SSSR count). The number of nitrogens with one attached hydrogen (secondary N) is 1. The van der Waals surface area contributed by atoms with Crippen molar-refractivity contribution in [3.63, 3.8) is 0 Å². The summed E-state index contributed by atoms with van der Waals surface area (Å²) < 4.78 is 48.5. The molecule has 10 heteroatoms. The van der Waals surface area contributed by atoms with E-state index in [-0.39, 0.29) is 16.9 Å². The molecule has 0 unspecified atom stereocenters. The molecule has 1 fully saturated rings. The van der Waals surface area contributed by atoms with E-state index >= 15 is 0 Å². The average Bonchev–Trinajstić information content (AvgIpc) is 3.14. The molecule has 0 radical (unpaired) electrons. The first-order valence-corrected chi connectivity index (χ1v) is 10.8. The summed E-state index contributed by atoms with van der Waals surface area (Å²) in [5.41, 5.74) is 1.91. The summed E-state index contributed by atoms with van der Waals surface area (Å²) in [6.07, 6.45) is 1.72. The van der Waals surface area contributed by atoms with Crippen LogP contribution in [-0.4, -0.2) is 47.8 Å². The first-order valence-electron chi connectivity index (χ1n) is 8.94. The summed E-state index contributed by atoms with van der Waals surface area (Å²) in [5.74, 6) is 0.322. The smallest absolute Gasteiger partial charge is 0.247 e. The maximum atomic E-state index is 13.4. The number of nitrogens with zero attached hydrogens (tertiary/aromatic N) is 3. The number of benzene rings is 1. The largest absolute Gasteiger partial charge is 0.346 e. The maximum absolute atomic E-state index is 13.4. The number of hydrogen-bond acceptors (Lipinski definition) is 7. The van der Waals surface area contributed by atoms with Crippen molar-refractivity contribution in [2.24, 2.45) is 5.92 Å². The quantitative estimate of drug-likeness (QED) is 0.649. The molecule has 0 spiro atoms. The van der Waals surface area contributed by atoms with Crippen molar-refractivity contribution in [3.05, 3.63) is 48.2 Å². The molecular weight excluding hydrogens is 399 g/mol. The zero-order chi connectivity index (χ0) is 20.6. The van der Waals surface area contributed by atoms with E-state index in [1.165, 1.54) is 18.3 Å². The van der Waals surface area contributed by atoms with Crippen LogP contribution in [0.4, 0.5) is 4.39 Å². The third-order valence-electron chi connectivity index (χ3n) is 4.35. The Morgan fingerprint density at radius 2 is 1.79 bits per heavy atom. The molecule has 0 bridgehead atoms. The molecular formula is C19H19FN4O4S. The van der Waals surface area contributed by atoms with Crippen LogP contribution < -0.4 is 0 Å². The second-order valence-corrected chi connectivity index (χ2v) is 8.86. The second kappa shape index (κ2) is 7.62. The lowest BCUT2D eigenvalue weighted by atomic mass is 10.1. The van der Waals surface area contributed by atoms with E-state index in [1.807, 2.05) is 6.92 Å². The van der Waals surface area contributed by atoms with Crippen LogP contribution in [0.3, 0.4) is 0 Å². The molecule has 3 heterocycles. The van der Waals surface area contributed by atoms with Crippen LogP contribution in [0.5, 0.6) is 0 Å². The highest BCUT2D eigenvalue weighted by Gasteiger charge is 2.26. The van der Waals surface area contributed by atoms with E-state index < -0.39 is 16.1 Å². The van der Waals surface area contributed by atoms with Crippen molar-refractivity contribution in [3.8, 4) is 22.6 Å². The van der Waals surface area contributed by atoms with Gasteiger partial charge in [-0.05, 0) is 30.3 Å². The molecule has 0 atom stereocenters. The van der Waals surface area contributed by atoms with Gasteiger partial charge in [-0.1, -0.05) is 6.92 Å². The molecule has 3 aromatic rings. The van der Waals surface area contributed by atoms with E-state index in [9.17, 15) is 12.8 Å². The molecule has 0 saturated carbocycles. The van der Waals surface area contributed by atoms with Gasteiger partial charge in [-0.3, -0.25) is 0 Å². The Hall–Kier alpha value is -2.69. The van der Waals surface area contributed by atoms with Crippen molar-refractivity contribution < 1.29 is 22.3 Å². The lowest BCUT2D eigenvalue weighted by Gasteiger charge is -2.25. The summed E-state index contributed by atoms with van der Waals surface area (Å²) in [4.78, 5) is 15.7. The highest BCUT2D eigenvalue weighted by Crippen LogP contribution is 2.33. The molecule has 0 aliphatic carbocycles. The van der Waals surface area contributed by atoms with Crippen molar-refractivity contribution >= 4 is 9.84 Å². The van der Waals surface area contributed by atoms with Gasteiger partial charge in [0.2, 0.25) is 21.3 Å². The maximum Gasteiger partial charge on any atom is 0.247 e. The SMILES string of the molecule is CC1COC(c2nc(-c3ccc(F)cc3)c(-c3ccnc(S(C)(=O)=O)n3)[nH]2)OC1. The Morgan fingerprint density at radius 3 is 2.45 bits per heavy atom. The van der Waals surface area contributed by atoms with E-state index in [0.29, 0.717) is 41.7 Å². The minimum atomic E-state index is -3.59. The zero-order valence-corrected chi connectivity index (χ0v) is 16.6. The topological polar surface area (TPSA) is 107 Å². The average molecular weight is 418 g/mol. The highest BCUT2D eigenvalue weighted by atomic mass is 32.2. The first kappa shape index (κ1) is 19.6. The van der Waals surface area contributed by atoms with Crippen molar-refractivity contribution in [2.45, 2.75) is 18.4 Å². The van der Waals surface area contributed by atoms with Crippen molar-refractivity contribution in [2.75, 3.05) is 19.5 Å². The predicted octanol–water partition coefficient (Wildman–Crippen LogP) is 2.76. The number of imidazole rings is 1. The Labute approximate surface area is 167 Å². The number of halogens is 1. The standard InChI is InChI=1S/C19H19FN4O4S/c1-11-9-27-18(28-10-11)17-23-15(12-3-5-13(20)6-4-12)16(24-17)14-7-8-21-19(22-14)29(2,25)26/h3-8,11,18H,9-10H2,1-2H3,(H,23,24). The monoisotopic (exact) mass is 418 g/mol. The number of H-pyrrole nitrogens is 1. The van der Waals surface area contributed by atoms with Crippen molar-refractivity contribution in [1.82, 2.24) is 19.9 Å². The van der Waals surface area contributed by atoms with E-state index in [2.05, 4.69) is 19.9 Å².